The summed E-state index contributed by atoms with van der Waals surface area (Å²) in [7, 11) is 0. The number of nitrogens with zero attached hydrogens (tertiary/aromatic N) is 2. The zero-order chi connectivity index (χ0) is 20.7. The summed E-state index contributed by atoms with van der Waals surface area (Å²) in [6.07, 6.45) is 0.914. The summed E-state index contributed by atoms with van der Waals surface area (Å²) < 4.78 is 11.5. The highest BCUT2D eigenvalue weighted by Crippen LogP contribution is 2.13. The molecule has 2 N–H and O–H groups in total. The van der Waals surface area contributed by atoms with Crippen LogP contribution in [-0.4, -0.2) is 74.3 Å². The summed E-state index contributed by atoms with van der Waals surface area (Å²) in [4.78, 5) is 19.0. The zero-order valence-corrected chi connectivity index (χ0v) is 17.9. The highest BCUT2D eigenvalue weighted by atomic mass is 16.5. The summed E-state index contributed by atoms with van der Waals surface area (Å²) in [5.74, 6) is 0.977. The molecule has 1 aromatic carbocycles. The number of benzene rings is 1. The van der Waals surface area contributed by atoms with Gasteiger partial charge in [0.05, 0.1) is 31.4 Å². The first-order valence-electron chi connectivity index (χ1n) is 10.6. The lowest BCUT2D eigenvalue weighted by Crippen LogP contribution is -2.53. The molecule has 3 rings (SSSR count). The molecule has 1 atom stereocenters. The third-order valence-electron chi connectivity index (χ3n) is 5.16. The molecule has 29 heavy (non-hydrogen) atoms. The van der Waals surface area contributed by atoms with Crippen molar-refractivity contribution in [2.75, 3.05) is 46.0 Å². The fourth-order valence-electron chi connectivity index (χ4n) is 3.45. The molecule has 7 heteroatoms. The smallest absolute Gasteiger partial charge is 0.248 e. The number of morpholine rings is 1. The predicted molar refractivity (Wildman–Crippen MR) is 114 cm³/mol. The Bertz CT molecular complexity index is 693. The number of amidine groups is 1. The molecule has 0 spiro atoms. The lowest BCUT2D eigenvalue weighted by Gasteiger charge is -2.35. The third kappa shape index (κ3) is 6.52. The normalized spacial score (nSPS) is 20.8. The van der Waals surface area contributed by atoms with Gasteiger partial charge >= 0.3 is 0 Å². The molecule has 1 amide bonds. The average Bonchev–Trinajstić information content (AvgIpc) is 3.24. The third-order valence-corrected chi connectivity index (χ3v) is 5.16. The molecule has 0 radical (unpaired) electrons. The van der Waals surface area contributed by atoms with E-state index in [1.165, 1.54) is 0 Å². The molecule has 1 aromatic rings. The van der Waals surface area contributed by atoms with Gasteiger partial charge in [-0.25, -0.2) is 0 Å². The molecule has 0 saturated carbocycles. The number of aliphatic imine (C=N–C) groups is 1. The number of carbonyl (C=O) groups excluding carboxylic acids is 1. The lowest BCUT2D eigenvalue weighted by molar-refractivity contribution is -0.138. The Hall–Kier alpha value is -1.96. The van der Waals surface area contributed by atoms with E-state index in [4.69, 9.17) is 9.47 Å². The van der Waals surface area contributed by atoms with Crippen LogP contribution in [0.4, 0.5) is 0 Å². The van der Waals surface area contributed by atoms with Crippen molar-refractivity contribution in [1.29, 1.82) is 0 Å². The Morgan fingerprint density at radius 3 is 2.76 bits per heavy atom. The number of carbonyl (C=O) groups is 1. The van der Waals surface area contributed by atoms with E-state index in [-0.39, 0.29) is 24.2 Å². The van der Waals surface area contributed by atoms with Gasteiger partial charge in [-0.1, -0.05) is 31.2 Å². The fourth-order valence-corrected chi connectivity index (χ4v) is 3.45. The van der Waals surface area contributed by atoms with Crippen LogP contribution in [0.25, 0.3) is 0 Å². The van der Waals surface area contributed by atoms with E-state index in [2.05, 4.69) is 60.7 Å². The average molecular weight is 403 g/mol. The molecule has 0 aromatic heterocycles. The monoisotopic (exact) mass is 402 g/mol. The van der Waals surface area contributed by atoms with Gasteiger partial charge in [0.15, 0.2) is 0 Å². The largest absolute Gasteiger partial charge is 0.373 e. The second-order valence-electron chi connectivity index (χ2n) is 8.33. The maximum Gasteiger partial charge on any atom is 0.248 e. The van der Waals surface area contributed by atoms with E-state index in [1.807, 2.05) is 4.90 Å². The highest BCUT2D eigenvalue weighted by molar-refractivity contribution is 5.99. The van der Waals surface area contributed by atoms with Crippen molar-refractivity contribution in [1.82, 2.24) is 15.5 Å². The number of ether oxygens (including phenoxy) is 2. The minimum atomic E-state index is -0.139. The van der Waals surface area contributed by atoms with Crippen LogP contribution in [0.15, 0.2) is 29.3 Å². The zero-order valence-electron chi connectivity index (χ0n) is 17.9. The minimum absolute atomic E-state index is 0.0230. The summed E-state index contributed by atoms with van der Waals surface area (Å²) in [5.41, 5.74) is 2.06. The van der Waals surface area contributed by atoms with Crippen molar-refractivity contribution >= 4 is 11.7 Å². The van der Waals surface area contributed by atoms with Gasteiger partial charge in [0.2, 0.25) is 5.91 Å². The standard InChI is InChI=1S/C22H34N4O3/c1-4-11-26(12-17-5-7-18(8-6-17)21-23-9-10-24-21)20(27)15-28-13-19-14-29-22(2,3)16-25-19/h5-8,19,25H,4,9-16H2,1-3H3,(H,23,24)/t19-/m1/s1. The van der Waals surface area contributed by atoms with Crippen LogP contribution in [0.2, 0.25) is 0 Å². The maximum atomic E-state index is 12.7. The molecular weight excluding hydrogens is 368 g/mol. The van der Waals surface area contributed by atoms with Crippen LogP contribution in [0.5, 0.6) is 0 Å². The summed E-state index contributed by atoms with van der Waals surface area (Å²) in [6, 6.07) is 8.40. The number of hydrogen-bond acceptors (Lipinski definition) is 6. The quantitative estimate of drug-likeness (QED) is 0.656. The Morgan fingerprint density at radius 1 is 1.34 bits per heavy atom. The van der Waals surface area contributed by atoms with Gasteiger partial charge in [-0.2, -0.15) is 0 Å². The first-order valence-corrected chi connectivity index (χ1v) is 10.6. The Kier molecular flexibility index (Phi) is 7.64. The van der Waals surface area contributed by atoms with Crippen LogP contribution in [0, 0.1) is 0 Å². The molecule has 7 nitrogen and oxygen atoms in total. The van der Waals surface area contributed by atoms with E-state index in [0.29, 0.717) is 19.8 Å². The SMILES string of the molecule is CCCN(Cc1ccc(C2=NCCN2)cc1)C(=O)COC[C@@H]1COC(C)(C)CN1. The van der Waals surface area contributed by atoms with Crippen molar-refractivity contribution in [3.63, 3.8) is 0 Å². The van der Waals surface area contributed by atoms with Gasteiger partial charge in [0, 0.05) is 31.7 Å². The van der Waals surface area contributed by atoms with Crippen molar-refractivity contribution in [3.05, 3.63) is 35.4 Å². The first-order chi connectivity index (χ1) is 14.0. The van der Waals surface area contributed by atoms with Crippen molar-refractivity contribution in [3.8, 4) is 0 Å². The topological polar surface area (TPSA) is 75.2 Å². The molecule has 2 heterocycles. The Balaban J connectivity index is 1.46. The van der Waals surface area contributed by atoms with E-state index in [0.717, 1.165) is 49.6 Å². The van der Waals surface area contributed by atoms with Gasteiger partial charge < -0.3 is 25.0 Å². The lowest BCUT2D eigenvalue weighted by atomic mass is 10.1. The Labute approximate surface area is 173 Å². The van der Waals surface area contributed by atoms with Crippen LogP contribution in [0.1, 0.15) is 38.3 Å². The van der Waals surface area contributed by atoms with Gasteiger partial charge in [-0.05, 0) is 25.8 Å². The summed E-state index contributed by atoms with van der Waals surface area (Å²) >= 11 is 0. The Morgan fingerprint density at radius 2 is 2.14 bits per heavy atom. The van der Waals surface area contributed by atoms with E-state index in [9.17, 15) is 4.79 Å². The molecule has 2 aliphatic heterocycles. The number of amides is 1. The summed E-state index contributed by atoms with van der Waals surface area (Å²) in [5, 5.41) is 6.70. The summed E-state index contributed by atoms with van der Waals surface area (Å²) in [6.45, 7) is 11.2. The van der Waals surface area contributed by atoms with Crippen LogP contribution in [0.3, 0.4) is 0 Å². The number of rotatable bonds is 9. The first kappa shape index (κ1) is 21.7. The minimum Gasteiger partial charge on any atom is -0.373 e. The van der Waals surface area contributed by atoms with E-state index >= 15 is 0 Å². The van der Waals surface area contributed by atoms with E-state index in [1.54, 1.807) is 0 Å². The fraction of sp³-hybridized carbons (Fsp3) is 0.636. The molecule has 0 bridgehead atoms. The second kappa shape index (κ2) is 10.2. The highest BCUT2D eigenvalue weighted by Gasteiger charge is 2.27. The van der Waals surface area contributed by atoms with Crippen LogP contribution in [-0.2, 0) is 20.8 Å². The molecular formula is C22H34N4O3. The van der Waals surface area contributed by atoms with Crippen molar-refractivity contribution < 1.29 is 14.3 Å². The maximum absolute atomic E-state index is 12.7. The van der Waals surface area contributed by atoms with Crippen LogP contribution < -0.4 is 10.6 Å². The molecule has 1 saturated heterocycles. The van der Waals surface area contributed by atoms with Crippen LogP contribution >= 0.6 is 0 Å². The van der Waals surface area contributed by atoms with Gasteiger partial charge in [0.25, 0.3) is 0 Å². The number of hydrogen-bond donors (Lipinski definition) is 2. The molecule has 160 valence electrons. The van der Waals surface area contributed by atoms with Gasteiger partial charge in [-0.3, -0.25) is 9.79 Å². The second-order valence-corrected chi connectivity index (χ2v) is 8.33. The molecule has 1 fully saturated rings. The van der Waals surface area contributed by atoms with Crippen molar-refractivity contribution in [2.45, 2.75) is 45.4 Å². The van der Waals surface area contributed by atoms with E-state index < -0.39 is 0 Å². The van der Waals surface area contributed by atoms with Gasteiger partial charge in [0.1, 0.15) is 12.4 Å². The van der Waals surface area contributed by atoms with Crippen molar-refractivity contribution in [2.24, 2.45) is 4.99 Å². The molecule has 0 aliphatic carbocycles. The molecule has 0 unspecified atom stereocenters. The molecule has 2 aliphatic rings. The van der Waals surface area contributed by atoms with Gasteiger partial charge in [-0.15, -0.1) is 0 Å². The number of nitrogens with one attached hydrogen (secondary N) is 2. The predicted octanol–water partition coefficient (Wildman–Crippen LogP) is 1.56.